The minimum atomic E-state index is -0.399. The quantitative estimate of drug-likeness (QED) is 0.380. The Kier molecular flexibility index (Phi) is 3.35. The van der Waals surface area contributed by atoms with Gasteiger partial charge in [0, 0.05) is 23.0 Å². The third-order valence-corrected chi connectivity index (χ3v) is 2.87. The number of oxime groups is 1. The molecule has 2 aromatic rings. The van der Waals surface area contributed by atoms with Crippen molar-refractivity contribution >= 4 is 17.4 Å². The molecule has 1 unspecified atom stereocenters. The van der Waals surface area contributed by atoms with Gasteiger partial charge in [-0.25, -0.2) is 0 Å². The Balaban J connectivity index is 2.52. The number of halogens is 1. The van der Waals surface area contributed by atoms with E-state index in [0.717, 1.165) is 5.56 Å². The first kappa shape index (κ1) is 11.5. The highest BCUT2D eigenvalue weighted by atomic mass is 35.5. The van der Waals surface area contributed by atoms with E-state index in [-0.39, 0.29) is 5.84 Å². The topological polar surface area (TPSA) is 63.5 Å². The van der Waals surface area contributed by atoms with Crippen molar-refractivity contribution in [2.75, 3.05) is 0 Å². The number of nitrogens with two attached hydrogens (primary N) is 1. The number of amidine groups is 1. The molecule has 0 aliphatic heterocycles. The minimum absolute atomic E-state index is 0.0919. The lowest BCUT2D eigenvalue weighted by Gasteiger charge is -2.19. The molecule has 3 N–H and O–H groups in total. The van der Waals surface area contributed by atoms with Crippen LogP contribution in [0.4, 0.5) is 0 Å². The van der Waals surface area contributed by atoms with Gasteiger partial charge in [0.15, 0.2) is 5.84 Å². The van der Waals surface area contributed by atoms with Crippen LogP contribution in [0.25, 0.3) is 0 Å². The number of aromatic nitrogens is 1. The van der Waals surface area contributed by atoms with E-state index in [2.05, 4.69) is 5.16 Å². The van der Waals surface area contributed by atoms with Crippen LogP contribution in [0.3, 0.4) is 0 Å². The fourth-order valence-corrected chi connectivity index (χ4v) is 1.98. The number of rotatable bonds is 3. The molecule has 0 bridgehead atoms. The largest absolute Gasteiger partial charge is 0.409 e. The molecule has 0 amide bonds. The Hall–Kier alpha value is -1.94. The first-order chi connectivity index (χ1) is 8.24. The van der Waals surface area contributed by atoms with Gasteiger partial charge in [-0.15, -0.1) is 0 Å². The van der Waals surface area contributed by atoms with Crippen molar-refractivity contribution in [1.82, 2.24) is 4.57 Å². The molecule has 2 rings (SSSR count). The maximum atomic E-state index is 8.86. The molecular formula is C12H12ClN3O. The minimum Gasteiger partial charge on any atom is -0.409 e. The molecule has 0 saturated carbocycles. The van der Waals surface area contributed by atoms with Gasteiger partial charge in [-0.1, -0.05) is 35.0 Å². The third-order valence-electron chi connectivity index (χ3n) is 2.52. The average Bonchev–Trinajstić information content (AvgIpc) is 2.85. The van der Waals surface area contributed by atoms with Gasteiger partial charge in [0.05, 0.1) is 0 Å². The average molecular weight is 250 g/mol. The number of hydrogen-bond acceptors (Lipinski definition) is 2. The molecule has 0 radical (unpaired) electrons. The lowest BCUT2D eigenvalue weighted by molar-refractivity contribution is 0.315. The fourth-order valence-electron chi connectivity index (χ4n) is 1.74. The molecule has 1 aromatic heterocycles. The molecule has 1 atom stereocenters. The third kappa shape index (κ3) is 2.26. The Bertz CT molecular complexity index is 522. The van der Waals surface area contributed by atoms with Gasteiger partial charge >= 0.3 is 0 Å². The summed E-state index contributed by atoms with van der Waals surface area (Å²) in [4.78, 5) is 0. The van der Waals surface area contributed by atoms with Gasteiger partial charge in [-0.05, 0) is 18.2 Å². The molecule has 1 heterocycles. The maximum absolute atomic E-state index is 8.86. The van der Waals surface area contributed by atoms with E-state index in [1.54, 1.807) is 6.07 Å². The second-order valence-corrected chi connectivity index (χ2v) is 3.99. The highest BCUT2D eigenvalue weighted by Gasteiger charge is 2.20. The first-order valence-electron chi connectivity index (χ1n) is 5.08. The van der Waals surface area contributed by atoms with Crippen molar-refractivity contribution in [2.24, 2.45) is 10.9 Å². The second kappa shape index (κ2) is 4.93. The summed E-state index contributed by atoms with van der Waals surface area (Å²) in [5.41, 5.74) is 6.52. The number of nitrogens with zero attached hydrogens (tertiary/aromatic N) is 2. The summed E-state index contributed by atoms with van der Waals surface area (Å²) in [5.74, 6) is 0.0919. The van der Waals surface area contributed by atoms with E-state index in [0.29, 0.717) is 5.02 Å². The fraction of sp³-hybridized carbons (Fsp3) is 0.0833. The van der Waals surface area contributed by atoms with E-state index in [1.807, 2.05) is 47.3 Å². The zero-order valence-electron chi connectivity index (χ0n) is 8.99. The van der Waals surface area contributed by atoms with Crippen LogP contribution < -0.4 is 5.73 Å². The molecule has 0 spiro atoms. The highest BCUT2D eigenvalue weighted by Crippen LogP contribution is 2.26. The summed E-state index contributed by atoms with van der Waals surface area (Å²) in [5, 5.41) is 12.5. The standard InChI is InChI=1S/C12H12ClN3O/c13-10-6-2-1-5-9(10)11(12(14)15-17)16-7-3-4-8-16/h1-8,11,17H,(H2,14,15). The zero-order valence-corrected chi connectivity index (χ0v) is 9.75. The Morgan fingerprint density at radius 1 is 1.24 bits per heavy atom. The van der Waals surface area contributed by atoms with E-state index in [9.17, 15) is 0 Å². The van der Waals surface area contributed by atoms with Crippen LogP contribution in [-0.2, 0) is 0 Å². The van der Waals surface area contributed by atoms with Crippen LogP contribution in [0.15, 0.2) is 53.9 Å². The van der Waals surface area contributed by atoms with Crippen molar-refractivity contribution in [1.29, 1.82) is 0 Å². The SMILES string of the molecule is N/C(=N\O)C(c1ccccc1Cl)n1cccc1. The van der Waals surface area contributed by atoms with Gasteiger partial charge in [0.2, 0.25) is 0 Å². The van der Waals surface area contributed by atoms with Crippen molar-refractivity contribution < 1.29 is 5.21 Å². The Labute approximate surface area is 104 Å². The molecule has 0 fully saturated rings. The van der Waals surface area contributed by atoms with Gasteiger partial charge in [-0.3, -0.25) is 0 Å². The smallest absolute Gasteiger partial charge is 0.166 e. The van der Waals surface area contributed by atoms with Gasteiger partial charge in [-0.2, -0.15) is 0 Å². The molecule has 1 aromatic carbocycles. The van der Waals surface area contributed by atoms with Crippen molar-refractivity contribution in [3.63, 3.8) is 0 Å². The second-order valence-electron chi connectivity index (χ2n) is 3.58. The summed E-state index contributed by atoms with van der Waals surface area (Å²) >= 11 is 6.13. The van der Waals surface area contributed by atoms with Gasteiger partial charge in [0.25, 0.3) is 0 Å². The Morgan fingerprint density at radius 3 is 2.47 bits per heavy atom. The van der Waals surface area contributed by atoms with Crippen molar-refractivity contribution in [3.05, 3.63) is 59.4 Å². The Morgan fingerprint density at radius 2 is 1.88 bits per heavy atom. The molecule has 0 aliphatic rings. The van der Waals surface area contributed by atoms with Crippen LogP contribution >= 0.6 is 11.6 Å². The van der Waals surface area contributed by atoms with E-state index in [1.165, 1.54) is 0 Å². The maximum Gasteiger partial charge on any atom is 0.166 e. The van der Waals surface area contributed by atoms with Crippen LogP contribution in [0.5, 0.6) is 0 Å². The molecule has 4 nitrogen and oxygen atoms in total. The van der Waals surface area contributed by atoms with E-state index < -0.39 is 6.04 Å². The van der Waals surface area contributed by atoms with Gasteiger partial charge < -0.3 is 15.5 Å². The van der Waals surface area contributed by atoms with Crippen LogP contribution in [-0.4, -0.2) is 15.6 Å². The highest BCUT2D eigenvalue weighted by molar-refractivity contribution is 6.31. The van der Waals surface area contributed by atoms with Crippen LogP contribution in [0.2, 0.25) is 5.02 Å². The predicted molar refractivity (Wildman–Crippen MR) is 67.4 cm³/mol. The summed E-state index contributed by atoms with van der Waals surface area (Å²) in [6, 6.07) is 10.7. The van der Waals surface area contributed by atoms with E-state index >= 15 is 0 Å². The van der Waals surface area contributed by atoms with Crippen molar-refractivity contribution in [3.8, 4) is 0 Å². The number of benzene rings is 1. The first-order valence-corrected chi connectivity index (χ1v) is 5.46. The molecule has 5 heteroatoms. The summed E-state index contributed by atoms with van der Waals surface area (Å²) < 4.78 is 1.83. The zero-order chi connectivity index (χ0) is 12.3. The summed E-state index contributed by atoms with van der Waals surface area (Å²) in [7, 11) is 0. The normalized spacial score (nSPS) is 13.6. The molecule has 0 saturated heterocycles. The lowest BCUT2D eigenvalue weighted by Crippen LogP contribution is -2.27. The molecule has 0 aliphatic carbocycles. The molecule has 17 heavy (non-hydrogen) atoms. The van der Waals surface area contributed by atoms with Gasteiger partial charge in [0.1, 0.15) is 6.04 Å². The predicted octanol–water partition coefficient (Wildman–Crippen LogP) is 2.48. The van der Waals surface area contributed by atoms with Crippen LogP contribution in [0, 0.1) is 0 Å². The van der Waals surface area contributed by atoms with Crippen LogP contribution in [0.1, 0.15) is 11.6 Å². The molecular weight excluding hydrogens is 238 g/mol. The summed E-state index contributed by atoms with van der Waals surface area (Å²) in [6.07, 6.45) is 3.68. The lowest BCUT2D eigenvalue weighted by atomic mass is 10.1. The van der Waals surface area contributed by atoms with E-state index in [4.69, 9.17) is 22.5 Å². The summed E-state index contributed by atoms with van der Waals surface area (Å²) in [6.45, 7) is 0. The van der Waals surface area contributed by atoms with Crippen molar-refractivity contribution in [2.45, 2.75) is 6.04 Å². The molecule has 88 valence electrons. The monoisotopic (exact) mass is 249 g/mol. The number of hydrogen-bond donors (Lipinski definition) is 2.